The Labute approximate surface area is 169 Å². The van der Waals surface area contributed by atoms with E-state index in [0.29, 0.717) is 18.7 Å². The van der Waals surface area contributed by atoms with E-state index in [4.69, 9.17) is 21.6 Å². The number of carbonyl (C=O) groups excluding carboxylic acids is 1. The van der Waals surface area contributed by atoms with Gasteiger partial charge < -0.3 is 4.74 Å². The van der Waals surface area contributed by atoms with Crippen molar-refractivity contribution in [3.8, 4) is 11.8 Å². The molecular weight excluding hydrogens is 400 g/mol. The lowest BCUT2D eigenvalue weighted by atomic mass is 10.2. The highest BCUT2D eigenvalue weighted by Crippen LogP contribution is 2.28. The second-order valence-corrected chi connectivity index (χ2v) is 8.80. The smallest absolute Gasteiger partial charge is 0.343 e. The molecule has 1 aliphatic heterocycles. The summed E-state index contributed by atoms with van der Waals surface area (Å²) in [5.41, 5.74) is 0.527. The molecular formula is C20H19ClN2O4S. The molecule has 0 aliphatic carbocycles. The summed E-state index contributed by atoms with van der Waals surface area (Å²) in [7, 11) is -3.80. The van der Waals surface area contributed by atoms with Gasteiger partial charge in [-0.1, -0.05) is 24.4 Å². The fraction of sp³-hybridized carbons (Fsp3) is 0.300. The van der Waals surface area contributed by atoms with Crippen LogP contribution in [0, 0.1) is 11.3 Å². The number of nitriles is 1. The number of nitrogens with zero attached hydrogens (tertiary/aromatic N) is 2. The molecule has 0 radical (unpaired) electrons. The lowest BCUT2D eigenvalue weighted by Crippen LogP contribution is -2.32. The molecule has 3 rings (SSSR count). The minimum Gasteiger partial charge on any atom is -0.423 e. The van der Waals surface area contributed by atoms with Gasteiger partial charge in [-0.15, -0.1) is 0 Å². The second kappa shape index (κ2) is 8.74. The quantitative estimate of drug-likeness (QED) is 0.553. The molecule has 0 aromatic heterocycles. The number of halogens is 1. The van der Waals surface area contributed by atoms with Crippen LogP contribution in [0.4, 0.5) is 0 Å². The Balaban J connectivity index is 1.85. The summed E-state index contributed by atoms with van der Waals surface area (Å²) in [5, 5.41) is 8.88. The van der Waals surface area contributed by atoms with E-state index in [9.17, 15) is 13.2 Å². The van der Waals surface area contributed by atoms with Gasteiger partial charge in [-0.25, -0.2) is 13.2 Å². The van der Waals surface area contributed by atoms with Crippen molar-refractivity contribution in [2.24, 2.45) is 0 Å². The predicted molar refractivity (Wildman–Crippen MR) is 105 cm³/mol. The van der Waals surface area contributed by atoms with Crippen LogP contribution in [0.2, 0.25) is 5.02 Å². The van der Waals surface area contributed by atoms with Gasteiger partial charge in [-0.2, -0.15) is 9.57 Å². The molecule has 0 bridgehead atoms. The molecule has 28 heavy (non-hydrogen) atoms. The van der Waals surface area contributed by atoms with Gasteiger partial charge in [0.15, 0.2) is 0 Å². The number of sulfonamides is 1. The third kappa shape index (κ3) is 4.53. The summed E-state index contributed by atoms with van der Waals surface area (Å²) < 4.78 is 32.7. The first kappa shape index (κ1) is 20.3. The molecule has 0 atom stereocenters. The molecule has 2 aromatic rings. The molecule has 0 unspecified atom stereocenters. The first-order chi connectivity index (χ1) is 13.4. The normalized spacial score (nSPS) is 15.4. The Kier molecular flexibility index (Phi) is 6.35. The van der Waals surface area contributed by atoms with Crippen LogP contribution in [0.25, 0.3) is 0 Å². The Bertz CT molecular complexity index is 1010. The van der Waals surface area contributed by atoms with Crippen LogP contribution in [0.3, 0.4) is 0 Å². The molecule has 1 heterocycles. The van der Waals surface area contributed by atoms with Crippen LogP contribution in [0.5, 0.6) is 5.75 Å². The number of rotatable bonds is 4. The predicted octanol–water partition coefficient (Wildman–Crippen LogP) is 4.00. The summed E-state index contributed by atoms with van der Waals surface area (Å²) in [4.78, 5) is 12.4. The Hall–Kier alpha value is -2.40. The first-order valence-electron chi connectivity index (χ1n) is 8.94. The molecule has 0 saturated carbocycles. The standard InChI is InChI=1S/C20H19ClN2O4S/c21-18-10-7-16(20(24)27-17-8-5-15(14-22)6-9-17)13-19(18)28(25,26)23-11-3-1-2-4-12-23/h5-10,13H,1-4,11-12H2. The summed E-state index contributed by atoms with van der Waals surface area (Å²) in [6.07, 6.45) is 3.60. The van der Waals surface area contributed by atoms with Crippen molar-refractivity contribution in [2.45, 2.75) is 30.6 Å². The number of ether oxygens (including phenoxy) is 1. The van der Waals surface area contributed by atoms with Crippen LogP contribution in [0.15, 0.2) is 47.4 Å². The Morgan fingerprint density at radius 1 is 1.04 bits per heavy atom. The van der Waals surface area contributed by atoms with Gasteiger partial charge in [-0.3, -0.25) is 0 Å². The van der Waals surface area contributed by atoms with Crippen LogP contribution in [0.1, 0.15) is 41.6 Å². The zero-order valence-corrected chi connectivity index (χ0v) is 16.7. The Morgan fingerprint density at radius 2 is 1.68 bits per heavy atom. The molecule has 1 aliphatic rings. The zero-order valence-electron chi connectivity index (χ0n) is 15.1. The Morgan fingerprint density at radius 3 is 2.29 bits per heavy atom. The van der Waals surface area contributed by atoms with Gasteiger partial charge in [0, 0.05) is 13.1 Å². The summed E-state index contributed by atoms with van der Waals surface area (Å²) in [6, 6.07) is 12.1. The van der Waals surface area contributed by atoms with Gasteiger partial charge in [0.2, 0.25) is 10.0 Å². The maximum Gasteiger partial charge on any atom is 0.343 e. The van der Waals surface area contributed by atoms with Crippen LogP contribution in [-0.2, 0) is 10.0 Å². The van der Waals surface area contributed by atoms with E-state index in [0.717, 1.165) is 25.7 Å². The second-order valence-electron chi connectivity index (χ2n) is 6.49. The highest BCUT2D eigenvalue weighted by Gasteiger charge is 2.28. The number of hydrogen-bond donors (Lipinski definition) is 0. The topological polar surface area (TPSA) is 87.5 Å². The van der Waals surface area contributed by atoms with Gasteiger partial charge in [0.05, 0.1) is 22.2 Å². The van der Waals surface area contributed by atoms with E-state index in [2.05, 4.69) is 0 Å². The molecule has 146 valence electrons. The lowest BCUT2D eigenvalue weighted by molar-refractivity contribution is 0.0734. The fourth-order valence-corrected chi connectivity index (χ4v) is 5.03. The van der Waals surface area contributed by atoms with Crippen molar-refractivity contribution in [1.29, 1.82) is 5.26 Å². The van der Waals surface area contributed by atoms with Crippen LogP contribution < -0.4 is 4.74 Å². The number of carbonyl (C=O) groups is 1. The average molecular weight is 419 g/mol. The van der Waals surface area contributed by atoms with E-state index in [-0.39, 0.29) is 21.2 Å². The monoisotopic (exact) mass is 418 g/mol. The number of benzene rings is 2. The van der Waals surface area contributed by atoms with E-state index < -0.39 is 16.0 Å². The van der Waals surface area contributed by atoms with Crippen molar-refractivity contribution in [3.05, 3.63) is 58.6 Å². The SMILES string of the molecule is N#Cc1ccc(OC(=O)c2ccc(Cl)c(S(=O)(=O)N3CCCCCC3)c2)cc1. The average Bonchev–Trinajstić information content (AvgIpc) is 2.99. The molecule has 0 spiro atoms. The van der Waals surface area contributed by atoms with E-state index in [1.807, 2.05) is 6.07 Å². The largest absolute Gasteiger partial charge is 0.423 e. The van der Waals surface area contributed by atoms with Crippen molar-refractivity contribution < 1.29 is 17.9 Å². The molecule has 1 fully saturated rings. The molecule has 0 N–H and O–H groups in total. The van der Waals surface area contributed by atoms with Crippen LogP contribution in [-0.4, -0.2) is 31.8 Å². The maximum absolute atomic E-state index is 13.0. The van der Waals surface area contributed by atoms with Crippen molar-refractivity contribution >= 4 is 27.6 Å². The minimum absolute atomic E-state index is 0.0687. The summed E-state index contributed by atoms with van der Waals surface area (Å²) in [6.45, 7) is 0.886. The van der Waals surface area contributed by atoms with Gasteiger partial charge in [0.25, 0.3) is 0 Å². The van der Waals surface area contributed by atoms with Gasteiger partial charge in [-0.05, 0) is 55.3 Å². The van der Waals surface area contributed by atoms with E-state index in [1.165, 1.54) is 46.8 Å². The third-order valence-corrected chi connectivity index (χ3v) is 6.92. The van der Waals surface area contributed by atoms with Crippen molar-refractivity contribution in [2.75, 3.05) is 13.1 Å². The van der Waals surface area contributed by atoms with Crippen molar-refractivity contribution in [1.82, 2.24) is 4.31 Å². The number of esters is 1. The van der Waals surface area contributed by atoms with Crippen molar-refractivity contribution in [3.63, 3.8) is 0 Å². The first-order valence-corrected chi connectivity index (χ1v) is 10.8. The minimum atomic E-state index is -3.80. The fourth-order valence-electron chi connectivity index (χ4n) is 3.01. The summed E-state index contributed by atoms with van der Waals surface area (Å²) in [5.74, 6) is -0.440. The molecule has 2 aromatic carbocycles. The summed E-state index contributed by atoms with van der Waals surface area (Å²) >= 11 is 6.15. The highest BCUT2D eigenvalue weighted by atomic mass is 35.5. The lowest BCUT2D eigenvalue weighted by Gasteiger charge is -2.21. The zero-order chi connectivity index (χ0) is 20.1. The third-order valence-electron chi connectivity index (χ3n) is 4.54. The van der Waals surface area contributed by atoms with E-state index >= 15 is 0 Å². The molecule has 0 amide bonds. The van der Waals surface area contributed by atoms with Gasteiger partial charge in [0.1, 0.15) is 10.6 Å². The van der Waals surface area contributed by atoms with Crippen LogP contribution >= 0.6 is 11.6 Å². The van der Waals surface area contributed by atoms with E-state index in [1.54, 1.807) is 0 Å². The number of hydrogen-bond acceptors (Lipinski definition) is 5. The van der Waals surface area contributed by atoms with Gasteiger partial charge >= 0.3 is 5.97 Å². The maximum atomic E-state index is 13.0. The molecule has 8 heteroatoms. The molecule has 1 saturated heterocycles. The molecule has 6 nitrogen and oxygen atoms in total. The highest BCUT2D eigenvalue weighted by molar-refractivity contribution is 7.89.